The van der Waals surface area contributed by atoms with Gasteiger partial charge in [-0.15, -0.1) is 21.5 Å². The Morgan fingerprint density at radius 1 is 0.977 bits per heavy atom. The van der Waals surface area contributed by atoms with Gasteiger partial charge in [-0.05, 0) is 61.7 Å². The van der Waals surface area contributed by atoms with Crippen LogP contribution in [0.1, 0.15) is 51.4 Å². The van der Waals surface area contributed by atoms with Crippen LogP contribution in [0.2, 0.25) is 0 Å². The van der Waals surface area contributed by atoms with Crippen LogP contribution < -0.4 is 9.80 Å². The summed E-state index contributed by atoms with van der Waals surface area (Å²) in [6.07, 6.45) is 0. The first-order valence-corrected chi connectivity index (χ1v) is 17.0. The number of carbonyl (C=O) groups excluding carboxylic acids is 2. The summed E-state index contributed by atoms with van der Waals surface area (Å²) in [5, 5.41) is 23.4. The van der Waals surface area contributed by atoms with E-state index >= 15 is 0 Å². The molecule has 1 N–H and O–H groups in total. The summed E-state index contributed by atoms with van der Waals surface area (Å²) in [4.78, 5) is 36.1. The first kappa shape index (κ1) is 30.0. The largest absolute Gasteiger partial charge is 0.503 e. The van der Waals surface area contributed by atoms with Crippen LogP contribution in [-0.2, 0) is 10.5 Å². The summed E-state index contributed by atoms with van der Waals surface area (Å²) in [5.41, 5.74) is 3.50. The third-order valence-electron chi connectivity index (χ3n) is 7.73. The average molecular weight is 642 g/mol. The lowest BCUT2D eigenvalue weighted by Gasteiger charge is -2.25. The number of nitrogens with zero attached hydrogens (tertiary/aromatic N) is 5. The fourth-order valence-corrected chi connectivity index (χ4v) is 8.33. The molecule has 1 aliphatic heterocycles. The van der Waals surface area contributed by atoms with E-state index in [4.69, 9.17) is 0 Å². The molecule has 0 bridgehead atoms. The maximum Gasteiger partial charge on any atom is 0.296 e. The number of aryl methyl sites for hydroxylation is 2. The third-order valence-corrected chi connectivity index (χ3v) is 10.9. The molecule has 0 aliphatic carbocycles. The van der Waals surface area contributed by atoms with Crippen molar-refractivity contribution in [1.29, 1.82) is 0 Å². The Kier molecular flexibility index (Phi) is 8.53. The van der Waals surface area contributed by atoms with Gasteiger partial charge in [0.1, 0.15) is 0 Å². The minimum atomic E-state index is -0.869. The normalized spacial score (nSPS) is 15.0. The van der Waals surface area contributed by atoms with Gasteiger partial charge in [-0.2, -0.15) is 0 Å². The van der Waals surface area contributed by atoms with Crippen molar-refractivity contribution in [2.45, 2.75) is 43.8 Å². The summed E-state index contributed by atoms with van der Waals surface area (Å²) in [7, 11) is 0. The van der Waals surface area contributed by atoms with Crippen LogP contribution in [0.4, 0.5) is 10.8 Å². The molecular formula is C33H31N5O3S3. The molecule has 0 saturated carbocycles. The molecule has 1 amide bonds. The number of thioether (sulfide) groups is 1. The van der Waals surface area contributed by atoms with Crippen molar-refractivity contribution in [3.05, 3.63) is 105 Å². The molecule has 1 atom stereocenters. The molecule has 3 heterocycles. The molecule has 8 nitrogen and oxygen atoms in total. The number of fused-ring (bicyclic) bond motifs is 1. The highest BCUT2D eigenvalue weighted by Crippen LogP contribution is 2.45. The molecule has 44 heavy (non-hydrogen) atoms. The fourth-order valence-electron chi connectivity index (χ4n) is 5.59. The van der Waals surface area contributed by atoms with Gasteiger partial charge in [0.05, 0.1) is 27.2 Å². The maximum absolute atomic E-state index is 14.0. The van der Waals surface area contributed by atoms with E-state index < -0.39 is 23.5 Å². The Balaban J connectivity index is 1.35. The molecule has 3 aromatic carbocycles. The highest BCUT2D eigenvalue weighted by Gasteiger charge is 2.46. The second kappa shape index (κ2) is 12.5. The zero-order chi connectivity index (χ0) is 31.0. The van der Waals surface area contributed by atoms with Gasteiger partial charge in [-0.1, -0.05) is 77.7 Å². The number of anilines is 2. The van der Waals surface area contributed by atoms with Gasteiger partial charge in [0.2, 0.25) is 10.9 Å². The molecule has 0 spiro atoms. The van der Waals surface area contributed by atoms with Crippen LogP contribution in [0, 0.1) is 13.8 Å². The number of rotatable bonds is 10. The molecule has 5 aromatic rings. The number of aliphatic hydroxyl groups is 1. The summed E-state index contributed by atoms with van der Waals surface area (Å²) >= 11 is 4.06. The van der Waals surface area contributed by atoms with Crippen molar-refractivity contribution < 1.29 is 14.7 Å². The van der Waals surface area contributed by atoms with Gasteiger partial charge in [0.25, 0.3) is 5.91 Å². The number of carbonyl (C=O) groups is 2. The quantitative estimate of drug-likeness (QED) is 0.0942. The van der Waals surface area contributed by atoms with Crippen LogP contribution in [0.5, 0.6) is 0 Å². The number of aromatic nitrogens is 3. The standard InChI is InChI=1S/C33H31N5O3S3/c1-5-37(6-2)24-16-14-22(15-17-24)27-26(28(39)30-19(3)34-20(4)43-30)29(40)31(41)38(27)32-35-36-33(44-32)42-18-23-12-9-11-21-10-7-8-13-25(21)23/h7-17,27,40H,5-6,18H2,1-4H3. The topological polar surface area (TPSA) is 99.5 Å². The summed E-state index contributed by atoms with van der Waals surface area (Å²) in [6, 6.07) is 21.4. The van der Waals surface area contributed by atoms with Crippen molar-refractivity contribution in [1.82, 2.24) is 15.2 Å². The Labute approximate surface area is 268 Å². The van der Waals surface area contributed by atoms with E-state index in [-0.39, 0.29) is 5.57 Å². The Bertz CT molecular complexity index is 1890. The number of hydrogen-bond acceptors (Lipinski definition) is 10. The van der Waals surface area contributed by atoms with E-state index in [1.807, 2.05) is 49.4 Å². The third kappa shape index (κ3) is 5.51. The van der Waals surface area contributed by atoms with Crippen molar-refractivity contribution >= 4 is 67.7 Å². The minimum Gasteiger partial charge on any atom is -0.503 e. The van der Waals surface area contributed by atoms with Crippen molar-refractivity contribution in [3.8, 4) is 0 Å². The van der Waals surface area contributed by atoms with Gasteiger partial charge >= 0.3 is 0 Å². The van der Waals surface area contributed by atoms with E-state index in [0.717, 1.165) is 23.8 Å². The Hall–Kier alpha value is -4.06. The van der Waals surface area contributed by atoms with E-state index in [9.17, 15) is 14.7 Å². The molecule has 0 fully saturated rings. The molecule has 6 rings (SSSR count). The van der Waals surface area contributed by atoms with E-state index in [1.165, 1.54) is 55.7 Å². The minimum absolute atomic E-state index is 0.0255. The number of thiazole rings is 1. The van der Waals surface area contributed by atoms with Gasteiger partial charge < -0.3 is 10.0 Å². The van der Waals surface area contributed by atoms with Crippen molar-refractivity contribution in [3.63, 3.8) is 0 Å². The van der Waals surface area contributed by atoms with Crippen LogP contribution in [0.15, 0.2) is 82.4 Å². The van der Waals surface area contributed by atoms with E-state index in [2.05, 4.69) is 58.2 Å². The number of ketones is 1. The molecule has 1 aliphatic rings. The zero-order valence-electron chi connectivity index (χ0n) is 24.8. The van der Waals surface area contributed by atoms with Crippen LogP contribution >= 0.6 is 34.4 Å². The highest BCUT2D eigenvalue weighted by molar-refractivity contribution is 8.00. The summed E-state index contributed by atoms with van der Waals surface area (Å²) < 4.78 is 0.685. The summed E-state index contributed by atoms with van der Waals surface area (Å²) in [6.45, 7) is 9.48. The molecule has 1 unspecified atom stereocenters. The monoisotopic (exact) mass is 641 g/mol. The fraction of sp³-hybridized carbons (Fsp3) is 0.242. The van der Waals surface area contributed by atoms with E-state index in [0.29, 0.717) is 31.4 Å². The van der Waals surface area contributed by atoms with Crippen LogP contribution in [-0.4, -0.2) is 45.1 Å². The lowest BCUT2D eigenvalue weighted by molar-refractivity contribution is -0.117. The van der Waals surface area contributed by atoms with Crippen molar-refractivity contribution in [2.75, 3.05) is 22.9 Å². The highest BCUT2D eigenvalue weighted by atomic mass is 32.2. The smallest absolute Gasteiger partial charge is 0.296 e. The number of aliphatic hydroxyl groups excluding tert-OH is 1. The van der Waals surface area contributed by atoms with Gasteiger partial charge in [0, 0.05) is 24.5 Å². The van der Waals surface area contributed by atoms with Gasteiger partial charge in [0.15, 0.2) is 10.1 Å². The second-order valence-corrected chi connectivity index (χ2v) is 13.7. The number of Topliss-reactive ketones (excluding diaryl/α,β-unsaturated/α-hetero) is 1. The molecule has 224 valence electrons. The van der Waals surface area contributed by atoms with Gasteiger partial charge in [-0.3, -0.25) is 14.5 Å². The predicted molar refractivity (Wildman–Crippen MR) is 179 cm³/mol. The maximum atomic E-state index is 14.0. The number of benzene rings is 3. The van der Waals surface area contributed by atoms with Crippen molar-refractivity contribution in [2.24, 2.45) is 0 Å². The first-order chi connectivity index (χ1) is 21.3. The zero-order valence-corrected chi connectivity index (χ0v) is 27.2. The van der Waals surface area contributed by atoms with Crippen LogP contribution in [0.3, 0.4) is 0 Å². The molecule has 2 aromatic heterocycles. The van der Waals surface area contributed by atoms with Gasteiger partial charge in [-0.25, -0.2) is 4.98 Å². The number of amides is 1. The lowest BCUT2D eigenvalue weighted by atomic mass is 9.95. The SMILES string of the molecule is CCN(CC)c1ccc(C2C(C(=O)c3sc(C)nc3C)=C(O)C(=O)N2c2nnc(SCc3cccc4ccccc34)s2)cc1. The van der Waals surface area contributed by atoms with E-state index in [1.54, 1.807) is 6.92 Å². The summed E-state index contributed by atoms with van der Waals surface area (Å²) in [5.74, 6) is -0.975. The number of hydrogen-bond donors (Lipinski definition) is 1. The molecule has 0 saturated heterocycles. The lowest BCUT2D eigenvalue weighted by Crippen LogP contribution is -2.31. The molecule has 0 radical (unpaired) electrons. The second-order valence-electron chi connectivity index (χ2n) is 10.4. The van der Waals surface area contributed by atoms with Crippen LogP contribution in [0.25, 0.3) is 10.8 Å². The molecule has 11 heteroatoms. The Morgan fingerprint density at radius 2 is 1.70 bits per heavy atom. The Morgan fingerprint density at radius 3 is 2.41 bits per heavy atom. The molecular weight excluding hydrogens is 611 g/mol. The predicted octanol–water partition coefficient (Wildman–Crippen LogP) is 7.69. The first-order valence-electron chi connectivity index (χ1n) is 14.3. The average Bonchev–Trinajstić information content (AvgIpc) is 3.71.